The number of carbonyl (C=O) groups excluding carboxylic acids is 1. The number of aromatic nitrogens is 1. The van der Waals surface area contributed by atoms with E-state index in [0.29, 0.717) is 36.1 Å². The fourth-order valence-corrected chi connectivity index (χ4v) is 2.30. The van der Waals surface area contributed by atoms with E-state index in [1.54, 1.807) is 18.3 Å². The van der Waals surface area contributed by atoms with Crippen molar-refractivity contribution in [2.75, 3.05) is 13.1 Å². The molecule has 0 aliphatic rings. The van der Waals surface area contributed by atoms with Gasteiger partial charge in [-0.3, -0.25) is 4.79 Å². The van der Waals surface area contributed by atoms with Crippen molar-refractivity contribution in [3.8, 4) is 11.3 Å². The predicted octanol–water partition coefficient (Wildman–Crippen LogP) is 3.04. The summed E-state index contributed by atoms with van der Waals surface area (Å²) in [6.45, 7) is 5.59. The normalized spacial score (nSPS) is 12.1. The second kappa shape index (κ2) is 8.70. The molecule has 5 nitrogen and oxygen atoms in total. The highest BCUT2D eigenvalue weighted by Gasteiger charge is 2.09. The first-order valence-corrected chi connectivity index (χ1v) is 8.17. The number of oxazole rings is 1. The highest BCUT2D eigenvalue weighted by molar-refractivity contribution is 6.30. The van der Waals surface area contributed by atoms with Crippen molar-refractivity contribution >= 4 is 17.5 Å². The third-order valence-electron chi connectivity index (χ3n) is 3.41. The first kappa shape index (κ1) is 17.5. The summed E-state index contributed by atoms with van der Waals surface area (Å²) in [4.78, 5) is 16.0. The monoisotopic (exact) mass is 335 g/mol. The number of nitrogens with one attached hydrogen (secondary N) is 2. The first-order valence-electron chi connectivity index (χ1n) is 7.79. The van der Waals surface area contributed by atoms with E-state index in [-0.39, 0.29) is 11.9 Å². The van der Waals surface area contributed by atoms with E-state index in [0.717, 1.165) is 12.1 Å². The Hall–Kier alpha value is -1.85. The minimum atomic E-state index is 0.000922. The van der Waals surface area contributed by atoms with Crippen molar-refractivity contribution in [2.24, 2.45) is 0 Å². The highest BCUT2D eigenvalue weighted by Crippen LogP contribution is 2.22. The van der Waals surface area contributed by atoms with Crippen LogP contribution in [0.5, 0.6) is 0 Å². The molecule has 0 fully saturated rings. The number of hydrogen-bond acceptors (Lipinski definition) is 4. The second-order valence-corrected chi connectivity index (χ2v) is 5.82. The van der Waals surface area contributed by atoms with Crippen molar-refractivity contribution in [1.29, 1.82) is 0 Å². The van der Waals surface area contributed by atoms with Crippen molar-refractivity contribution in [3.63, 3.8) is 0 Å². The molecule has 0 bridgehead atoms. The van der Waals surface area contributed by atoms with Gasteiger partial charge in [0.1, 0.15) is 0 Å². The molecule has 0 aliphatic carbocycles. The summed E-state index contributed by atoms with van der Waals surface area (Å²) < 4.78 is 5.68. The molecule has 2 aromatic rings. The summed E-state index contributed by atoms with van der Waals surface area (Å²) in [5.41, 5.74) is 0.914. The van der Waals surface area contributed by atoms with Gasteiger partial charge in [-0.25, -0.2) is 4.98 Å². The van der Waals surface area contributed by atoms with Crippen LogP contribution in [0.4, 0.5) is 0 Å². The van der Waals surface area contributed by atoms with Crippen molar-refractivity contribution in [2.45, 2.75) is 32.7 Å². The lowest BCUT2D eigenvalue weighted by atomic mass is 10.2. The van der Waals surface area contributed by atoms with E-state index >= 15 is 0 Å². The molecule has 1 aromatic heterocycles. The lowest BCUT2D eigenvalue weighted by Crippen LogP contribution is -2.38. The van der Waals surface area contributed by atoms with Gasteiger partial charge in [-0.05, 0) is 37.7 Å². The molecule has 0 spiro atoms. The average Bonchev–Trinajstić information content (AvgIpc) is 3.01. The lowest BCUT2D eigenvalue weighted by Gasteiger charge is -2.12. The van der Waals surface area contributed by atoms with E-state index in [1.165, 1.54) is 0 Å². The predicted molar refractivity (Wildman–Crippen MR) is 91.4 cm³/mol. The van der Waals surface area contributed by atoms with Gasteiger partial charge in [-0.2, -0.15) is 0 Å². The van der Waals surface area contributed by atoms with Gasteiger partial charge in [0.2, 0.25) is 5.91 Å². The molecule has 0 saturated carbocycles. The maximum absolute atomic E-state index is 11.8. The van der Waals surface area contributed by atoms with Gasteiger partial charge in [-0.15, -0.1) is 0 Å². The van der Waals surface area contributed by atoms with Gasteiger partial charge >= 0.3 is 0 Å². The Bertz CT molecular complexity index is 625. The van der Waals surface area contributed by atoms with Crippen LogP contribution in [0.1, 0.15) is 26.2 Å². The van der Waals surface area contributed by atoms with Crippen LogP contribution in [0.15, 0.2) is 34.9 Å². The van der Waals surface area contributed by atoms with Crippen LogP contribution in [0.3, 0.4) is 0 Å². The summed E-state index contributed by atoms with van der Waals surface area (Å²) in [5.74, 6) is 1.24. The van der Waals surface area contributed by atoms with Crippen molar-refractivity contribution in [3.05, 3.63) is 41.4 Å². The molecule has 1 atom stereocenters. The number of nitrogens with zero attached hydrogens (tertiary/aromatic N) is 1. The van der Waals surface area contributed by atoms with Gasteiger partial charge in [0.15, 0.2) is 11.7 Å². The molecule has 0 saturated heterocycles. The number of rotatable bonds is 8. The second-order valence-electron chi connectivity index (χ2n) is 5.39. The average molecular weight is 336 g/mol. The maximum atomic E-state index is 11.8. The number of hydrogen-bond donors (Lipinski definition) is 2. The smallest absolute Gasteiger partial charge is 0.220 e. The van der Waals surface area contributed by atoms with E-state index in [1.807, 2.05) is 26.0 Å². The van der Waals surface area contributed by atoms with Crippen LogP contribution < -0.4 is 10.6 Å². The summed E-state index contributed by atoms with van der Waals surface area (Å²) >= 11 is 5.87. The summed E-state index contributed by atoms with van der Waals surface area (Å²) in [6, 6.07) is 7.63. The molecular formula is C17H22ClN3O2. The molecule has 0 aliphatic heterocycles. The van der Waals surface area contributed by atoms with Crippen LogP contribution in [0.2, 0.25) is 5.02 Å². The topological polar surface area (TPSA) is 67.2 Å². The number of aryl methyl sites for hydroxylation is 1. The fraction of sp³-hybridized carbons (Fsp3) is 0.412. The number of halogens is 1. The third kappa shape index (κ3) is 5.69. The van der Waals surface area contributed by atoms with Crippen LogP contribution in [0, 0.1) is 0 Å². The number of carbonyl (C=O) groups is 1. The largest absolute Gasteiger partial charge is 0.441 e. The van der Waals surface area contributed by atoms with Crippen LogP contribution in [-0.4, -0.2) is 30.0 Å². The number of benzene rings is 1. The van der Waals surface area contributed by atoms with Gasteiger partial charge in [0, 0.05) is 36.0 Å². The van der Waals surface area contributed by atoms with Crippen molar-refractivity contribution in [1.82, 2.24) is 15.6 Å². The standard InChI is InChI=1S/C17H22ClN3O2/c1-3-19-12(2)10-20-16(22)8-9-17-21-11-15(23-17)13-4-6-14(18)7-5-13/h4-7,11-12,19H,3,8-10H2,1-2H3,(H,20,22)/t12-/m1/s1. The molecule has 0 unspecified atom stereocenters. The zero-order valence-electron chi connectivity index (χ0n) is 13.4. The molecule has 0 radical (unpaired) electrons. The molecule has 23 heavy (non-hydrogen) atoms. The molecule has 124 valence electrons. The molecule has 1 aromatic carbocycles. The highest BCUT2D eigenvalue weighted by atomic mass is 35.5. The zero-order valence-corrected chi connectivity index (χ0v) is 14.2. The molecule has 2 rings (SSSR count). The molecule has 1 amide bonds. The third-order valence-corrected chi connectivity index (χ3v) is 3.66. The van der Waals surface area contributed by atoms with Gasteiger partial charge in [-0.1, -0.05) is 18.5 Å². The van der Waals surface area contributed by atoms with Crippen LogP contribution >= 0.6 is 11.6 Å². The minimum Gasteiger partial charge on any atom is -0.441 e. The van der Waals surface area contributed by atoms with E-state index in [2.05, 4.69) is 15.6 Å². The molecular weight excluding hydrogens is 314 g/mol. The zero-order chi connectivity index (χ0) is 16.7. The van der Waals surface area contributed by atoms with E-state index in [4.69, 9.17) is 16.0 Å². The SMILES string of the molecule is CCN[C@H](C)CNC(=O)CCc1ncc(-c2ccc(Cl)cc2)o1. The quantitative estimate of drug-likeness (QED) is 0.778. The Kier molecular flexibility index (Phi) is 6.62. The Morgan fingerprint density at radius 2 is 2.09 bits per heavy atom. The van der Waals surface area contributed by atoms with Crippen LogP contribution in [-0.2, 0) is 11.2 Å². The lowest BCUT2D eigenvalue weighted by molar-refractivity contribution is -0.121. The Labute approximate surface area is 141 Å². The Morgan fingerprint density at radius 3 is 2.78 bits per heavy atom. The maximum Gasteiger partial charge on any atom is 0.220 e. The van der Waals surface area contributed by atoms with Gasteiger partial charge in [0.05, 0.1) is 6.20 Å². The number of likely N-dealkylation sites (N-methyl/N-ethyl adjacent to an activating group) is 1. The van der Waals surface area contributed by atoms with E-state index in [9.17, 15) is 4.79 Å². The van der Waals surface area contributed by atoms with E-state index < -0.39 is 0 Å². The Balaban J connectivity index is 1.80. The van der Waals surface area contributed by atoms with Crippen molar-refractivity contribution < 1.29 is 9.21 Å². The molecule has 6 heteroatoms. The van der Waals surface area contributed by atoms with Gasteiger partial charge < -0.3 is 15.1 Å². The Morgan fingerprint density at radius 1 is 1.35 bits per heavy atom. The summed E-state index contributed by atoms with van der Waals surface area (Å²) in [6.07, 6.45) is 2.51. The number of amides is 1. The first-order chi connectivity index (χ1) is 11.1. The molecule has 2 N–H and O–H groups in total. The summed E-state index contributed by atoms with van der Waals surface area (Å²) in [5, 5.41) is 6.82. The molecule has 1 heterocycles. The van der Waals surface area contributed by atoms with Crippen LogP contribution in [0.25, 0.3) is 11.3 Å². The van der Waals surface area contributed by atoms with Gasteiger partial charge in [0.25, 0.3) is 0 Å². The fourth-order valence-electron chi connectivity index (χ4n) is 2.17. The summed E-state index contributed by atoms with van der Waals surface area (Å²) in [7, 11) is 0. The minimum absolute atomic E-state index is 0.000922.